The molecule has 0 aliphatic carbocycles. The zero-order valence-corrected chi connectivity index (χ0v) is 13.6. The molecule has 2 radical (unpaired) electrons. The molecule has 4 atom stereocenters. The van der Waals surface area contributed by atoms with Gasteiger partial charge in [0.05, 0.1) is 19.8 Å². The summed E-state index contributed by atoms with van der Waals surface area (Å²) in [6.07, 6.45) is -1.69. The zero-order valence-electron chi connectivity index (χ0n) is 12.7. The second kappa shape index (κ2) is 9.15. The number of rotatable bonds is 9. The summed E-state index contributed by atoms with van der Waals surface area (Å²) < 4.78 is 26.8. The summed E-state index contributed by atoms with van der Waals surface area (Å²) in [5.74, 6) is 0.681. The number of aliphatic hydroxyl groups excluding tert-OH is 1. The van der Waals surface area contributed by atoms with E-state index in [0.29, 0.717) is 19.0 Å². The highest BCUT2D eigenvalue weighted by atomic mass is 31.2. The largest absolute Gasteiger partial charge is 0.387 e. The molecule has 22 heavy (non-hydrogen) atoms. The molecule has 10 heteroatoms. The molecule has 0 spiro atoms. The average molecular weight is 335 g/mol. The topological polar surface area (TPSA) is 109 Å². The first kappa shape index (κ1) is 19.8. The van der Waals surface area contributed by atoms with Crippen LogP contribution in [0.2, 0.25) is 0 Å². The molecule has 1 heterocycles. The summed E-state index contributed by atoms with van der Waals surface area (Å²) in [6.45, 7) is 1.96. The number of likely N-dealkylation sites (N-methyl/N-ethyl adjacent to an activating group) is 1. The molecule has 1 aliphatic heterocycles. The Labute approximate surface area is 131 Å². The maximum absolute atomic E-state index is 10.8. The van der Waals surface area contributed by atoms with Crippen molar-refractivity contribution in [2.24, 2.45) is 0 Å². The lowest BCUT2D eigenvalue weighted by molar-refractivity contribution is -0.0431. The first-order valence-electron chi connectivity index (χ1n) is 6.88. The van der Waals surface area contributed by atoms with Crippen LogP contribution < -0.4 is 0 Å². The normalized spacial score (nSPS) is 29.7. The van der Waals surface area contributed by atoms with Crippen molar-refractivity contribution in [3.05, 3.63) is 11.9 Å². The number of ether oxygens (including phenoxy) is 3. The third-order valence-corrected chi connectivity index (χ3v) is 3.56. The second-order valence-electron chi connectivity index (χ2n) is 5.24. The Balaban J connectivity index is 2.32. The summed E-state index contributed by atoms with van der Waals surface area (Å²) in [7, 11) is 5.28. The molecule has 0 saturated carbocycles. The maximum Gasteiger partial charge on any atom is 0.348 e. The lowest BCUT2D eigenvalue weighted by Gasteiger charge is -2.19. The Morgan fingerprint density at radius 3 is 2.59 bits per heavy atom. The lowest BCUT2D eigenvalue weighted by atomic mass is 9.93. The monoisotopic (exact) mass is 335 g/mol. The van der Waals surface area contributed by atoms with Crippen LogP contribution in [0, 0.1) is 0 Å². The highest BCUT2D eigenvalue weighted by molar-refractivity contribution is 7.55. The first-order valence-corrected chi connectivity index (χ1v) is 8.56. The third-order valence-electron chi connectivity index (χ3n) is 3.00. The van der Waals surface area contributed by atoms with Gasteiger partial charge < -0.3 is 34.0 Å². The fourth-order valence-corrected chi connectivity index (χ4v) is 2.26. The van der Waals surface area contributed by atoms with Gasteiger partial charge in [0, 0.05) is 18.4 Å². The second-order valence-corrected chi connectivity index (χ2v) is 6.71. The molecule has 0 aromatic carbocycles. The molecule has 0 aromatic rings. The third kappa shape index (κ3) is 7.35. The van der Waals surface area contributed by atoms with Gasteiger partial charge in [-0.15, -0.1) is 0 Å². The minimum Gasteiger partial charge on any atom is -0.387 e. The lowest BCUT2D eigenvalue weighted by Crippen LogP contribution is -2.36. The van der Waals surface area contributed by atoms with Crippen molar-refractivity contribution in [1.29, 1.82) is 0 Å². The maximum atomic E-state index is 10.8. The molecule has 0 amide bonds. The Kier molecular flexibility index (Phi) is 8.23. The van der Waals surface area contributed by atoms with Crippen LogP contribution in [0.3, 0.4) is 0 Å². The molecule has 1 rings (SSSR count). The van der Waals surface area contributed by atoms with Crippen molar-refractivity contribution in [3.63, 3.8) is 0 Å². The van der Waals surface area contributed by atoms with E-state index in [1.165, 1.54) is 0 Å². The quantitative estimate of drug-likeness (QED) is 0.277. The van der Waals surface area contributed by atoms with Crippen molar-refractivity contribution >= 4 is 15.4 Å². The van der Waals surface area contributed by atoms with Crippen LogP contribution in [-0.4, -0.2) is 92.4 Å². The smallest absolute Gasteiger partial charge is 0.348 e. The van der Waals surface area contributed by atoms with Crippen LogP contribution in [0.5, 0.6) is 0 Å². The standard InChI is InChI=1S/C12H23BNO7P/c1-14(2)4-5-19-6-7-20-11-10(15)9(21-12(11)13)3-8-22(16,17)18/h3,8-12,15H,4-7H2,1-2H3,(H2,16,17,18)/b8-3+/t9-,10+,11?,12-/m1/s1. The van der Waals surface area contributed by atoms with E-state index < -0.39 is 31.9 Å². The van der Waals surface area contributed by atoms with Crippen LogP contribution in [0.4, 0.5) is 0 Å². The van der Waals surface area contributed by atoms with E-state index in [2.05, 4.69) is 0 Å². The SMILES string of the molecule is [B][C@@H]1O[C@H](/C=C/P(=O)(O)O)[C@H](O)C1OCCOCCN(C)C. The van der Waals surface area contributed by atoms with Gasteiger partial charge in [0.25, 0.3) is 0 Å². The summed E-state index contributed by atoms with van der Waals surface area (Å²) in [5.41, 5.74) is 0. The zero-order chi connectivity index (χ0) is 16.8. The van der Waals surface area contributed by atoms with Crippen molar-refractivity contribution < 1.29 is 33.7 Å². The van der Waals surface area contributed by atoms with E-state index in [-0.39, 0.29) is 6.61 Å². The van der Waals surface area contributed by atoms with Crippen molar-refractivity contribution in [2.75, 3.05) is 40.5 Å². The number of hydrogen-bond donors (Lipinski definition) is 3. The van der Waals surface area contributed by atoms with Gasteiger partial charge in [-0.1, -0.05) is 0 Å². The Morgan fingerprint density at radius 1 is 1.32 bits per heavy atom. The predicted molar refractivity (Wildman–Crippen MR) is 80.7 cm³/mol. The number of hydrogen-bond acceptors (Lipinski definition) is 6. The molecule has 1 fully saturated rings. The van der Waals surface area contributed by atoms with Crippen molar-refractivity contribution in [1.82, 2.24) is 4.90 Å². The van der Waals surface area contributed by atoms with Crippen molar-refractivity contribution in [3.8, 4) is 0 Å². The Hall–Kier alpha value is -0.245. The van der Waals surface area contributed by atoms with Crippen LogP contribution in [0.15, 0.2) is 11.9 Å². The Morgan fingerprint density at radius 2 is 2.00 bits per heavy atom. The van der Waals surface area contributed by atoms with E-state index >= 15 is 0 Å². The minimum absolute atomic E-state index is 0.237. The van der Waals surface area contributed by atoms with Crippen molar-refractivity contribution in [2.45, 2.75) is 24.3 Å². The van der Waals surface area contributed by atoms with Crippen LogP contribution in [-0.2, 0) is 18.8 Å². The minimum atomic E-state index is -4.30. The fraction of sp³-hybridized carbons (Fsp3) is 0.833. The molecule has 0 aromatic heterocycles. The van der Waals surface area contributed by atoms with Gasteiger partial charge in [-0.2, -0.15) is 0 Å². The molecule has 126 valence electrons. The summed E-state index contributed by atoms with van der Waals surface area (Å²) in [6, 6.07) is -0.872. The van der Waals surface area contributed by atoms with Gasteiger partial charge in [0.15, 0.2) is 0 Å². The van der Waals surface area contributed by atoms with E-state index in [0.717, 1.165) is 12.6 Å². The molecule has 8 nitrogen and oxygen atoms in total. The van der Waals surface area contributed by atoms with E-state index in [4.69, 9.17) is 31.8 Å². The molecule has 1 saturated heterocycles. The molecular weight excluding hydrogens is 312 g/mol. The molecule has 0 bridgehead atoms. The summed E-state index contributed by atoms with van der Waals surface area (Å²) in [5, 5.41) is 10.0. The summed E-state index contributed by atoms with van der Waals surface area (Å²) >= 11 is 0. The molecular formula is C12H23BNO7P. The number of nitrogens with zero attached hydrogens (tertiary/aromatic N) is 1. The average Bonchev–Trinajstić information content (AvgIpc) is 2.66. The van der Waals surface area contributed by atoms with Crippen LogP contribution >= 0.6 is 7.60 Å². The van der Waals surface area contributed by atoms with Crippen LogP contribution in [0.25, 0.3) is 0 Å². The number of aliphatic hydroxyl groups is 1. The van der Waals surface area contributed by atoms with Crippen LogP contribution in [0.1, 0.15) is 0 Å². The molecule has 3 N–H and O–H groups in total. The van der Waals surface area contributed by atoms with E-state index in [9.17, 15) is 9.67 Å². The Bertz CT molecular complexity index is 403. The van der Waals surface area contributed by atoms with E-state index in [1.807, 2.05) is 19.0 Å². The fourth-order valence-electron chi connectivity index (χ4n) is 1.86. The highest BCUT2D eigenvalue weighted by Crippen LogP contribution is 2.37. The molecule has 1 aliphatic rings. The predicted octanol–water partition coefficient (Wildman–Crippen LogP) is -1.10. The van der Waals surface area contributed by atoms with Gasteiger partial charge in [0.2, 0.25) is 0 Å². The van der Waals surface area contributed by atoms with Gasteiger partial charge in [-0.3, -0.25) is 4.57 Å². The molecule has 1 unspecified atom stereocenters. The van der Waals surface area contributed by atoms with E-state index in [1.54, 1.807) is 0 Å². The first-order chi connectivity index (χ1) is 10.2. The summed E-state index contributed by atoms with van der Waals surface area (Å²) in [4.78, 5) is 19.5. The van der Waals surface area contributed by atoms with Gasteiger partial charge in [-0.05, 0) is 20.2 Å². The van der Waals surface area contributed by atoms with Gasteiger partial charge in [-0.25, -0.2) is 0 Å². The van der Waals surface area contributed by atoms with Gasteiger partial charge >= 0.3 is 7.60 Å². The highest BCUT2D eigenvalue weighted by Gasteiger charge is 2.40. The van der Waals surface area contributed by atoms with Gasteiger partial charge in [0.1, 0.15) is 26.2 Å².